The fourth-order valence-corrected chi connectivity index (χ4v) is 1.17. The number of fused-ring (bicyclic) bond motifs is 1. The molecule has 0 aliphatic carbocycles. The lowest BCUT2D eigenvalue weighted by atomic mass is 10.3. The normalized spacial score (nSPS) is 10.3. The molecule has 0 fully saturated rings. The number of rotatable bonds is 2. The lowest BCUT2D eigenvalue weighted by molar-refractivity contribution is 0.401. The second-order valence-corrected chi connectivity index (χ2v) is 2.60. The summed E-state index contributed by atoms with van der Waals surface area (Å²) in [6, 6.07) is 1.94. The van der Waals surface area contributed by atoms with Gasteiger partial charge >= 0.3 is 0 Å². The number of hydrogen-bond acceptors (Lipinski definition) is 4. The van der Waals surface area contributed by atoms with E-state index in [0.717, 1.165) is 16.7 Å². The van der Waals surface area contributed by atoms with E-state index in [0.29, 0.717) is 5.88 Å². The summed E-state index contributed by atoms with van der Waals surface area (Å²) in [6.07, 6.45) is 1.74. The molecule has 5 nitrogen and oxygen atoms in total. The van der Waals surface area contributed by atoms with E-state index < -0.39 is 0 Å². The van der Waals surface area contributed by atoms with Gasteiger partial charge in [0.05, 0.1) is 24.4 Å². The molecule has 0 aromatic carbocycles. The van der Waals surface area contributed by atoms with Crippen LogP contribution in [-0.4, -0.2) is 29.3 Å². The molecule has 0 spiro atoms. The van der Waals surface area contributed by atoms with E-state index in [-0.39, 0.29) is 0 Å². The Labute approximate surface area is 75.1 Å². The minimum Gasteiger partial charge on any atom is -0.479 e. The van der Waals surface area contributed by atoms with E-state index in [1.54, 1.807) is 13.3 Å². The first-order valence-electron chi connectivity index (χ1n) is 3.91. The number of hydrogen-bond donors (Lipinski definition) is 2. The average Bonchev–Trinajstić information content (AvgIpc) is 2.59. The maximum absolute atomic E-state index is 5.06. The summed E-state index contributed by atoms with van der Waals surface area (Å²) in [5, 5.41) is 10.6. The lowest BCUT2D eigenvalue weighted by Crippen LogP contribution is -1.89. The van der Waals surface area contributed by atoms with Crippen LogP contribution in [0.15, 0.2) is 12.3 Å². The predicted octanol–water partition coefficient (Wildman–Crippen LogP) is 1.01. The minimum atomic E-state index is 0.569. The molecule has 2 heterocycles. The summed E-state index contributed by atoms with van der Waals surface area (Å²) in [5.41, 5.74) is 1.67. The zero-order valence-electron chi connectivity index (χ0n) is 7.46. The molecular formula is C8H10N4O. The van der Waals surface area contributed by atoms with Crippen LogP contribution in [0, 0.1) is 0 Å². The van der Waals surface area contributed by atoms with Gasteiger partial charge in [-0.3, -0.25) is 5.10 Å². The zero-order chi connectivity index (χ0) is 9.26. The van der Waals surface area contributed by atoms with Gasteiger partial charge in [0.1, 0.15) is 0 Å². The van der Waals surface area contributed by atoms with Crippen LogP contribution in [0.5, 0.6) is 5.88 Å². The maximum atomic E-state index is 5.06. The number of nitrogens with zero attached hydrogens (tertiary/aromatic N) is 2. The van der Waals surface area contributed by atoms with Crippen LogP contribution >= 0.6 is 0 Å². The fraction of sp³-hybridized carbons (Fsp3) is 0.250. The first-order valence-corrected chi connectivity index (χ1v) is 3.91. The largest absolute Gasteiger partial charge is 0.479 e. The van der Waals surface area contributed by atoms with Gasteiger partial charge in [0.2, 0.25) is 5.88 Å². The summed E-state index contributed by atoms with van der Waals surface area (Å²) < 4.78 is 5.06. The highest BCUT2D eigenvalue weighted by atomic mass is 16.5. The standard InChI is InChI=1S/C8H10N4O/c1-9-5-3-6-7(10-4-5)11-12-8(6)13-2/h3-4,9H,1-2H3,(H,10,11,12). The first-order chi connectivity index (χ1) is 6.35. The molecule has 0 aliphatic heterocycles. The van der Waals surface area contributed by atoms with Gasteiger partial charge in [-0.15, -0.1) is 5.10 Å². The van der Waals surface area contributed by atoms with Crippen molar-refractivity contribution in [2.75, 3.05) is 19.5 Å². The van der Waals surface area contributed by atoms with Crippen molar-refractivity contribution in [2.45, 2.75) is 0 Å². The minimum absolute atomic E-state index is 0.569. The highest BCUT2D eigenvalue weighted by Gasteiger charge is 2.06. The molecule has 0 atom stereocenters. The average molecular weight is 178 g/mol. The number of methoxy groups -OCH3 is 1. The number of aromatic amines is 1. The van der Waals surface area contributed by atoms with Gasteiger partial charge in [0, 0.05) is 7.05 Å². The molecule has 68 valence electrons. The van der Waals surface area contributed by atoms with Crippen LogP contribution in [0.1, 0.15) is 0 Å². The van der Waals surface area contributed by atoms with Crippen molar-refractivity contribution in [1.29, 1.82) is 0 Å². The molecule has 0 bridgehead atoms. The van der Waals surface area contributed by atoms with Crippen molar-refractivity contribution < 1.29 is 4.74 Å². The molecule has 5 heteroatoms. The lowest BCUT2D eigenvalue weighted by Gasteiger charge is -1.98. The topological polar surface area (TPSA) is 62.8 Å². The quantitative estimate of drug-likeness (QED) is 0.720. The fourth-order valence-electron chi connectivity index (χ4n) is 1.17. The van der Waals surface area contributed by atoms with Crippen molar-refractivity contribution in [3.8, 4) is 5.88 Å². The van der Waals surface area contributed by atoms with Crippen molar-refractivity contribution in [1.82, 2.24) is 15.2 Å². The van der Waals surface area contributed by atoms with E-state index >= 15 is 0 Å². The smallest absolute Gasteiger partial charge is 0.242 e. The third-order valence-electron chi connectivity index (χ3n) is 1.86. The van der Waals surface area contributed by atoms with E-state index in [1.165, 1.54) is 0 Å². The van der Waals surface area contributed by atoms with Crippen LogP contribution in [0.3, 0.4) is 0 Å². The molecule has 0 unspecified atom stereocenters. The van der Waals surface area contributed by atoms with Crippen LogP contribution in [0.4, 0.5) is 5.69 Å². The van der Waals surface area contributed by atoms with Gasteiger partial charge in [-0.25, -0.2) is 4.98 Å². The molecule has 2 N–H and O–H groups in total. The first kappa shape index (κ1) is 7.85. The molecule has 0 saturated heterocycles. The predicted molar refractivity (Wildman–Crippen MR) is 50.0 cm³/mol. The van der Waals surface area contributed by atoms with Crippen LogP contribution in [-0.2, 0) is 0 Å². The Morgan fingerprint density at radius 2 is 2.38 bits per heavy atom. The monoisotopic (exact) mass is 178 g/mol. The summed E-state index contributed by atoms with van der Waals surface area (Å²) in [6.45, 7) is 0. The van der Waals surface area contributed by atoms with Crippen LogP contribution in [0.25, 0.3) is 11.0 Å². The van der Waals surface area contributed by atoms with E-state index in [2.05, 4.69) is 20.5 Å². The van der Waals surface area contributed by atoms with Gasteiger partial charge in [0.25, 0.3) is 0 Å². The summed E-state index contributed by atoms with van der Waals surface area (Å²) in [4.78, 5) is 4.16. The number of anilines is 1. The number of nitrogens with one attached hydrogen (secondary N) is 2. The Balaban J connectivity index is 2.64. The highest BCUT2D eigenvalue weighted by molar-refractivity contribution is 5.83. The van der Waals surface area contributed by atoms with Crippen molar-refractivity contribution >= 4 is 16.7 Å². The number of aromatic nitrogens is 3. The Morgan fingerprint density at radius 3 is 3.08 bits per heavy atom. The molecule has 2 aromatic rings. The zero-order valence-corrected chi connectivity index (χ0v) is 7.46. The molecular weight excluding hydrogens is 168 g/mol. The van der Waals surface area contributed by atoms with E-state index in [4.69, 9.17) is 4.74 Å². The molecule has 0 amide bonds. The van der Waals surface area contributed by atoms with Gasteiger partial charge in [0.15, 0.2) is 5.65 Å². The van der Waals surface area contributed by atoms with Crippen molar-refractivity contribution in [3.63, 3.8) is 0 Å². The Bertz CT molecular complexity index is 423. The molecule has 0 radical (unpaired) electrons. The third-order valence-corrected chi connectivity index (χ3v) is 1.86. The number of pyridine rings is 1. The number of H-pyrrole nitrogens is 1. The molecule has 2 aromatic heterocycles. The molecule has 2 rings (SSSR count). The summed E-state index contributed by atoms with van der Waals surface area (Å²) in [5.74, 6) is 0.569. The van der Waals surface area contributed by atoms with Crippen LogP contribution in [0.2, 0.25) is 0 Å². The Hall–Kier alpha value is -1.78. The SMILES string of the molecule is CNc1cnc2[nH]nc(OC)c2c1. The summed E-state index contributed by atoms with van der Waals surface area (Å²) >= 11 is 0. The van der Waals surface area contributed by atoms with Gasteiger partial charge in [-0.1, -0.05) is 0 Å². The van der Waals surface area contributed by atoms with Gasteiger partial charge in [-0.05, 0) is 6.07 Å². The summed E-state index contributed by atoms with van der Waals surface area (Å²) in [7, 11) is 3.43. The van der Waals surface area contributed by atoms with Crippen molar-refractivity contribution in [2.24, 2.45) is 0 Å². The Kier molecular flexibility index (Phi) is 1.77. The molecule has 13 heavy (non-hydrogen) atoms. The second-order valence-electron chi connectivity index (χ2n) is 2.60. The van der Waals surface area contributed by atoms with Crippen LogP contribution < -0.4 is 10.1 Å². The van der Waals surface area contributed by atoms with E-state index in [9.17, 15) is 0 Å². The maximum Gasteiger partial charge on any atom is 0.242 e. The van der Waals surface area contributed by atoms with Crippen molar-refractivity contribution in [3.05, 3.63) is 12.3 Å². The Morgan fingerprint density at radius 1 is 1.54 bits per heavy atom. The second kappa shape index (κ2) is 2.93. The number of ether oxygens (including phenoxy) is 1. The molecule has 0 saturated carbocycles. The highest BCUT2D eigenvalue weighted by Crippen LogP contribution is 2.22. The van der Waals surface area contributed by atoms with Gasteiger partial charge in [-0.2, -0.15) is 0 Å². The molecule has 0 aliphatic rings. The van der Waals surface area contributed by atoms with Gasteiger partial charge < -0.3 is 10.1 Å². The third kappa shape index (κ3) is 1.18. The van der Waals surface area contributed by atoms with E-state index in [1.807, 2.05) is 13.1 Å².